The highest BCUT2D eigenvalue weighted by molar-refractivity contribution is 5.87. The van der Waals surface area contributed by atoms with Crippen LogP contribution in [0, 0.1) is 0 Å². The van der Waals surface area contributed by atoms with Crippen molar-refractivity contribution in [1.82, 2.24) is 10.2 Å². The molecule has 2 saturated heterocycles. The monoisotopic (exact) mass is 238 g/mol. The molecule has 2 atom stereocenters. The van der Waals surface area contributed by atoms with Gasteiger partial charge in [0.05, 0.1) is 5.54 Å². The van der Waals surface area contributed by atoms with Crippen molar-refractivity contribution in [2.45, 2.75) is 83.5 Å². The first-order chi connectivity index (χ1) is 7.96. The van der Waals surface area contributed by atoms with Crippen LogP contribution in [0.2, 0.25) is 0 Å². The summed E-state index contributed by atoms with van der Waals surface area (Å²) in [5.74, 6) is 0.338. The highest BCUT2D eigenvalue weighted by atomic mass is 16.2. The van der Waals surface area contributed by atoms with Gasteiger partial charge >= 0.3 is 0 Å². The van der Waals surface area contributed by atoms with E-state index in [9.17, 15) is 4.79 Å². The van der Waals surface area contributed by atoms with Crippen LogP contribution in [0.4, 0.5) is 0 Å². The van der Waals surface area contributed by atoms with E-state index in [0.29, 0.717) is 24.0 Å². The van der Waals surface area contributed by atoms with E-state index in [4.69, 9.17) is 0 Å². The van der Waals surface area contributed by atoms with Gasteiger partial charge in [-0.25, -0.2) is 0 Å². The maximum Gasteiger partial charge on any atom is 0.243 e. The molecule has 2 fully saturated rings. The third kappa shape index (κ3) is 2.22. The Hall–Kier alpha value is -0.570. The molecule has 17 heavy (non-hydrogen) atoms. The Bertz CT molecular complexity index is 289. The summed E-state index contributed by atoms with van der Waals surface area (Å²) in [6, 6.07) is 1.17. The molecule has 0 spiro atoms. The molecule has 0 aromatic heterocycles. The Morgan fingerprint density at radius 2 is 1.82 bits per heavy atom. The minimum atomic E-state index is -0.225. The van der Waals surface area contributed by atoms with Crippen LogP contribution in [-0.2, 0) is 4.79 Å². The number of hydrogen-bond donors (Lipinski definition) is 1. The van der Waals surface area contributed by atoms with Gasteiger partial charge in [0.2, 0.25) is 5.91 Å². The van der Waals surface area contributed by atoms with Crippen LogP contribution in [-0.4, -0.2) is 34.5 Å². The number of piperidine rings is 1. The van der Waals surface area contributed by atoms with E-state index < -0.39 is 0 Å². The standard InChI is InChI=1S/C14H26N2O/c1-10(2)16(11(3)4)13(17)14-8-5-6-12(15-14)7-9-14/h10-12,15H,5-9H2,1-4H3. The molecule has 2 bridgehead atoms. The summed E-state index contributed by atoms with van der Waals surface area (Å²) in [5.41, 5.74) is -0.225. The van der Waals surface area contributed by atoms with E-state index in [0.717, 1.165) is 12.8 Å². The molecule has 0 aliphatic carbocycles. The van der Waals surface area contributed by atoms with Crippen molar-refractivity contribution >= 4 is 5.91 Å². The average Bonchev–Trinajstić information content (AvgIpc) is 2.54. The Morgan fingerprint density at radius 1 is 1.18 bits per heavy atom. The average molecular weight is 238 g/mol. The fourth-order valence-corrected chi connectivity index (χ4v) is 3.61. The number of fused-ring (bicyclic) bond motifs is 2. The molecule has 0 aromatic rings. The number of hydrogen-bond acceptors (Lipinski definition) is 2. The number of carbonyl (C=O) groups excluding carboxylic acids is 1. The number of carbonyl (C=O) groups is 1. The molecule has 98 valence electrons. The van der Waals surface area contributed by atoms with Gasteiger partial charge in [-0.1, -0.05) is 0 Å². The van der Waals surface area contributed by atoms with Crippen molar-refractivity contribution in [1.29, 1.82) is 0 Å². The Morgan fingerprint density at radius 3 is 2.41 bits per heavy atom. The smallest absolute Gasteiger partial charge is 0.243 e. The second kappa shape index (κ2) is 4.60. The first kappa shape index (κ1) is 12.9. The molecule has 0 aromatic carbocycles. The van der Waals surface area contributed by atoms with Crippen molar-refractivity contribution in [2.75, 3.05) is 0 Å². The lowest BCUT2D eigenvalue weighted by molar-refractivity contribution is -0.142. The molecule has 0 saturated carbocycles. The first-order valence-corrected chi connectivity index (χ1v) is 7.07. The second-order valence-electron chi connectivity index (χ2n) is 6.25. The quantitative estimate of drug-likeness (QED) is 0.818. The van der Waals surface area contributed by atoms with Crippen molar-refractivity contribution in [3.05, 3.63) is 0 Å². The zero-order valence-electron chi connectivity index (χ0n) is 11.6. The number of nitrogens with zero attached hydrogens (tertiary/aromatic N) is 1. The summed E-state index contributed by atoms with van der Waals surface area (Å²) in [7, 11) is 0. The molecule has 3 heteroatoms. The topological polar surface area (TPSA) is 32.3 Å². The Balaban J connectivity index is 2.18. The van der Waals surface area contributed by atoms with Crippen molar-refractivity contribution in [3.63, 3.8) is 0 Å². The van der Waals surface area contributed by atoms with E-state index in [1.165, 1.54) is 19.3 Å². The van der Waals surface area contributed by atoms with Crippen LogP contribution in [0.25, 0.3) is 0 Å². The van der Waals surface area contributed by atoms with E-state index in [2.05, 4.69) is 37.9 Å². The second-order valence-corrected chi connectivity index (χ2v) is 6.25. The van der Waals surface area contributed by atoms with Crippen LogP contribution in [0.1, 0.15) is 59.8 Å². The molecule has 1 N–H and O–H groups in total. The summed E-state index contributed by atoms with van der Waals surface area (Å²) in [5, 5.41) is 3.60. The van der Waals surface area contributed by atoms with Crippen LogP contribution in [0.3, 0.4) is 0 Å². The molecule has 3 nitrogen and oxygen atoms in total. The maximum atomic E-state index is 12.8. The summed E-state index contributed by atoms with van der Waals surface area (Å²) < 4.78 is 0. The van der Waals surface area contributed by atoms with Gasteiger partial charge in [-0.2, -0.15) is 0 Å². The predicted molar refractivity (Wildman–Crippen MR) is 69.9 cm³/mol. The lowest BCUT2D eigenvalue weighted by atomic mass is 9.88. The fraction of sp³-hybridized carbons (Fsp3) is 0.929. The van der Waals surface area contributed by atoms with Crippen LogP contribution in [0.5, 0.6) is 0 Å². The summed E-state index contributed by atoms with van der Waals surface area (Å²) in [4.78, 5) is 14.9. The van der Waals surface area contributed by atoms with Gasteiger partial charge in [0, 0.05) is 18.1 Å². The minimum Gasteiger partial charge on any atom is -0.336 e. The molecule has 2 rings (SSSR count). The molecule has 2 unspecified atom stereocenters. The van der Waals surface area contributed by atoms with Crippen molar-refractivity contribution in [2.24, 2.45) is 0 Å². The minimum absolute atomic E-state index is 0.225. The van der Waals surface area contributed by atoms with Crippen LogP contribution in [0.15, 0.2) is 0 Å². The summed E-state index contributed by atoms with van der Waals surface area (Å²) >= 11 is 0. The van der Waals surface area contributed by atoms with Crippen LogP contribution >= 0.6 is 0 Å². The van der Waals surface area contributed by atoms with Crippen molar-refractivity contribution in [3.8, 4) is 0 Å². The Labute approximate surface area is 105 Å². The van der Waals surface area contributed by atoms with Gasteiger partial charge in [0.15, 0.2) is 0 Å². The molecule has 2 aliphatic rings. The third-order valence-corrected chi connectivity index (χ3v) is 4.31. The van der Waals surface area contributed by atoms with Gasteiger partial charge in [-0.3, -0.25) is 4.79 Å². The molecule has 0 radical (unpaired) electrons. The van der Waals surface area contributed by atoms with Gasteiger partial charge < -0.3 is 10.2 Å². The number of amides is 1. The van der Waals surface area contributed by atoms with E-state index in [-0.39, 0.29) is 5.54 Å². The number of nitrogens with one attached hydrogen (secondary N) is 1. The van der Waals surface area contributed by atoms with Crippen molar-refractivity contribution < 1.29 is 4.79 Å². The largest absolute Gasteiger partial charge is 0.336 e. The summed E-state index contributed by atoms with van der Waals surface area (Å²) in [6.07, 6.45) is 5.69. The molecule has 2 aliphatic heterocycles. The molecular formula is C14H26N2O. The zero-order chi connectivity index (χ0) is 12.6. The lowest BCUT2D eigenvalue weighted by Gasteiger charge is -2.41. The summed E-state index contributed by atoms with van der Waals surface area (Å²) in [6.45, 7) is 8.46. The highest BCUT2D eigenvalue weighted by Gasteiger charge is 2.49. The highest BCUT2D eigenvalue weighted by Crippen LogP contribution is 2.37. The van der Waals surface area contributed by atoms with Gasteiger partial charge in [-0.15, -0.1) is 0 Å². The fourth-order valence-electron chi connectivity index (χ4n) is 3.61. The zero-order valence-corrected chi connectivity index (χ0v) is 11.6. The Kier molecular flexibility index (Phi) is 3.48. The van der Waals surface area contributed by atoms with E-state index in [1.54, 1.807) is 0 Å². The molecule has 1 amide bonds. The van der Waals surface area contributed by atoms with E-state index >= 15 is 0 Å². The SMILES string of the molecule is CC(C)N(C(=O)C12CCCC(CC1)N2)C(C)C. The normalized spacial score (nSPS) is 32.2. The number of rotatable bonds is 3. The molecular weight excluding hydrogens is 212 g/mol. The predicted octanol–water partition coefficient (Wildman–Crippen LogP) is 2.31. The van der Waals surface area contributed by atoms with Gasteiger partial charge in [-0.05, 0) is 59.8 Å². The van der Waals surface area contributed by atoms with Crippen LogP contribution < -0.4 is 5.32 Å². The third-order valence-electron chi connectivity index (χ3n) is 4.31. The first-order valence-electron chi connectivity index (χ1n) is 7.07. The van der Waals surface area contributed by atoms with Gasteiger partial charge in [0.25, 0.3) is 0 Å². The maximum absolute atomic E-state index is 12.8. The van der Waals surface area contributed by atoms with E-state index in [1.807, 2.05) is 0 Å². The lowest BCUT2D eigenvalue weighted by Crippen LogP contribution is -2.60. The molecule has 2 heterocycles. The van der Waals surface area contributed by atoms with Gasteiger partial charge in [0.1, 0.15) is 0 Å².